The van der Waals surface area contributed by atoms with Crippen LogP contribution in [0.3, 0.4) is 0 Å². The van der Waals surface area contributed by atoms with Gasteiger partial charge in [0.25, 0.3) is 0 Å². The number of methoxy groups -OCH3 is 1. The van der Waals surface area contributed by atoms with E-state index in [9.17, 15) is 9.59 Å². The lowest BCUT2D eigenvalue weighted by molar-refractivity contribution is -0.142. The topological polar surface area (TPSA) is 101 Å². The lowest BCUT2D eigenvalue weighted by Gasteiger charge is -2.33. The molecule has 1 fully saturated rings. The van der Waals surface area contributed by atoms with Gasteiger partial charge in [-0.25, -0.2) is 4.79 Å². The molecule has 3 aromatic rings. The van der Waals surface area contributed by atoms with E-state index < -0.39 is 0 Å². The molecular formula is C26H31ClN6O4. The molecule has 0 unspecified atom stereocenters. The van der Waals surface area contributed by atoms with Crippen molar-refractivity contribution in [3.05, 3.63) is 59.8 Å². The van der Waals surface area contributed by atoms with Gasteiger partial charge in [0.2, 0.25) is 0 Å². The number of ether oxygens (including phenoxy) is 2. The number of carbonyl (C=O) groups is 2. The fourth-order valence-electron chi connectivity index (χ4n) is 4.10. The molecule has 37 heavy (non-hydrogen) atoms. The van der Waals surface area contributed by atoms with Crippen LogP contribution in [0.2, 0.25) is 5.02 Å². The summed E-state index contributed by atoms with van der Waals surface area (Å²) < 4.78 is 12.7. The molecule has 10 nitrogen and oxygen atoms in total. The van der Waals surface area contributed by atoms with Crippen LogP contribution in [-0.2, 0) is 16.6 Å². The highest BCUT2D eigenvalue weighted by Gasteiger charge is 2.19. The minimum absolute atomic E-state index is 0.208. The van der Waals surface area contributed by atoms with Gasteiger partial charge in [-0.05, 0) is 48.5 Å². The summed E-state index contributed by atoms with van der Waals surface area (Å²) in [5.41, 5.74) is 2.96. The molecule has 1 aliphatic heterocycles. The summed E-state index contributed by atoms with van der Waals surface area (Å²) in [7, 11) is 3.27. The van der Waals surface area contributed by atoms with Gasteiger partial charge in [-0.15, -0.1) is 0 Å². The molecule has 2 heterocycles. The quantitative estimate of drug-likeness (QED) is 0.411. The molecule has 0 aliphatic carbocycles. The van der Waals surface area contributed by atoms with Crippen LogP contribution in [-0.4, -0.2) is 84.6 Å². The molecule has 2 N–H and O–H groups in total. The van der Waals surface area contributed by atoms with E-state index in [2.05, 4.69) is 25.5 Å². The summed E-state index contributed by atoms with van der Waals surface area (Å²) in [6.45, 7) is 4.95. The van der Waals surface area contributed by atoms with E-state index in [1.165, 1.54) is 7.11 Å². The second kappa shape index (κ2) is 12.6. The standard InChI is InChI=1S/C26H31ClN6O4/c1-31-23(9-10-28-31)22-17-21(30-26(35)29-20-5-3-19(27)4-6-20)7-8-24(22)37-16-15-32-11-13-33(14-12-32)18-25(34)36-2/h3-10,17H,11-16,18H2,1-2H3,(H2,29,30,35). The number of hydrogen-bond acceptors (Lipinski definition) is 7. The molecule has 2 aromatic carbocycles. The molecule has 0 saturated carbocycles. The Kier molecular flexibility index (Phi) is 8.99. The van der Waals surface area contributed by atoms with Gasteiger partial charge >= 0.3 is 12.0 Å². The monoisotopic (exact) mass is 526 g/mol. The van der Waals surface area contributed by atoms with Crippen molar-refractivity contribution in [2.24, 2.45) is 7.05 Å². The zero-order valence-electron chi connectivity index (χ0n) is 20.9. The van der Waals surface area contributed by atoms with Gasteiger partial charge in [0, 0.05) is 67.9 Å². The number of carbonyl (C=O) groups excluding carboxylic acids is 2. The Balaban J connectivity index is 1.36. The van der Waals surface area contributed by atoms with Crippen molar-refractivity contribution >= 4 is 35.0 Å². The number of hydrogen-bond donors (Lipinski definition) is 2. The average molecular weight is 527 g/mol. The Morgan fingerprint density at radius 2 is 1.65 bits per heavy atom. The lowest BCUT2D eigenvalue weighted by atomic mass is 10.1. The number of nitrogens with zero attached hydrogens (tertiary/aromatic N) is 4. The maximum Gasteiger partial charge on any atom is 0.323 e. The van der Waals surface area contributed by atoms with E-state index in [1.54, 1.807) is 35.1 Å². The number of urea groups is 1. The Labute approximate surface area is 221 Å². The van der Waals surface area contributed by atoms with Crippen LogP contribution in [0.1, 0.15) is 0 Å². The number of aryl methyl sites for hydroxylation is 1. The Morgan fingerprint density at radius 1 is 0.973 bits per heavy atom. The number of halogens is 1. The predicted octanol–water partition coefficient (Wildman–Crippen LogP) is 3.55. The van der Waals surface area contributed by atoms with Crippen LogP contribution in [0, 0.1) is 0 Å². The van der Waals surface area contributed by atoms with Crippen molar-refractivity contribution in [1.29, 1.82) is 0 Å². The summed E-state index contributed by atoms with van der Waals surface area (Å²) in [6.07, 6.45) is 1.72. The van der Waals surface area contributed by atoms with Crippen molar-refractivity contribution in [2.45, 2.75) is 0 Å². The predicted molar refractivity (Wildman–Crippen MR) is 143 cm³/mol. The zero-order valence-corrected chi connectivity index (χ0v) is 21.7. The van der Waals surface area contributed by atoms with Crippen LogP contribution < -0.4 is 15.4 Å². The van der Waals surface area contributed by atoms with Crippen molar-refractivity contribution < 1.29 is 19.1 Å². The van der Waals surface area contributed by atoms with Gasteiger partial charge < -0.3 is 20.1 Å². The zero-order chi connectivity index (χ0) is 26.2. The van der Waals surface area contributed by atoms with Crippen LogP contribution in [0.25, 0.3) is 11.3 Å². The second-order valence-electron chi connectivity index (χ2n) is 8.68. The Morgan fingerprint density at radius 3 is 2.32 bits per heavy atom. The number of anilines is 2. The molecule has 4 rings (SSSR count). The molecule has 0 radical (unpaired) electrons. The summed E-state index contributed by atoms with van der Waals surface area (Å²) in [6, 6.07) is 14.0. The first-order valence-electron chi connectivity index (χ1n) is 12.0. The SMILES string of the molecule is COC(=O)CN1CCN(CCOc2ccc(NC(=O)Nc3ccc(Cl)cc3)cc2-c2ccnn2C)CC1. The van der Waals surface area contributed by atoms with E-state index in [1.807, 2.05) is 31.3 Å². The molecule has 196 valence electrons. The van der Waals surface area contributed by atoms with Gasteiger partial charge in [-0.2, -0.15) is 5.10 Å². The number of rotatable bonds is 9. The summed E-state index contributed by atoms with van der Waals surface area (Å²) in [5, 5.41) is 10.5. The number of aromatic nitrogens is 2. The van der Waals surface area contributed by atoms with Crippen LogP contribution >= 0.6 is 11.6 Å². The van der Waals surface area contributed by atoms with E-state index in [4.69, 9.17) is 21.1 Å². The summed E-state index contributed by atoms with van der Waals surface area (Å²) in [4.78, 5) is 28.4. The molecule has 11 heteroatoms. The first-order valence-corrected chi connectivity index (χ1v) is 12.4. The normalized spacial score (nSPS) is 14.2. The highest BCUT2D eigenvalue weighted by atomic mass is 35.5. The molecule has 0 bridgehead atoms. The third kappa shape index (κ3) is 7.45. The van der Waals surface area contributed by atoms with Gasteiger partial charge in [-0.1, -0.05) is 11.6 Å². The van der Waals surface area contributed by atoms with E-state index in [-0.39, 0.29) is 12.0 Å². The number of nitrogens with one attached hydrogen (secondary N) is 2. The average Bonchev–Trinajstić information content (AvgIpc) is 3.32. The summed E-state index contributed by atoms with van der Waals surface area (Å²) in [5.74, 6) is 0.497. The molecule has 2 amide bonds. The summed E-state index contributed by atoms with van der Waals surface area (Å²) >= 11 is 5.91. The largest absolute Gasteiger partial charge is 0.492 e. The van der Waals surface area contributed by atoms with Crippen molar-refractivity contribution in [3.63, 3.8) is 0 Å². The minimum Gasteiger partial charge on any atom is -0.492 e. The van der Waals surface area contributed by atoms with E-state index >= 15 is 0 Å². The number of benzene rings is 2. The van der Waals surface area contributed by atoms with Gasteiger partial charge in [0.05, 0.1) is 19.3 Å². The van der Waals surface area contributed by atoms with Gasteiger partial charge in [0.1, 0.15) is 12.4 Å². The van der Waals surface area contributed by atoms with Gasteiger partial charge in [-0.3, -0.25) is 19.3 Å². The van der Waals surface area contributed by atoms with Gasteiger partial charge in [0.15, 0.2) is 0 Å². The highest BCUT2D eigenvalue weighted by Crippen LogP contribution is 2.32. The Hall–Kier alpha value is -3.60. The van der Waals surface area contributed by atoms with Crippen LogP contribution in [0.15, 0.2) is 54.7 Å². The Bertz CT molecular complexity index is 1210. The first kappa shape index (κ1) is 26.5. The second-order valence-corrected chi connectivity index (χ2v) is 9.12. The molecule has 0 spiro atoms. The maximum absolute atomic E-state index is 12.5. The third-order valence-electron chi connectivity index (χ3n) is 6.15. The number of piperazine rings is 1. The van der Waals surface area contributed by atoms with E-state index in [0.29, 0.717) is 35.3 Å². The fraction of sp³-hybridized carbons (Fsp3) is 0.346. The smallest absolute Gasteiger partial charge is 0.323 e. The first-order chi connectivity index (χ1) is 17.9. The highest BCUT2D eigenvalue weighted by molar-refractivity contribution is 6.30. The third-order valence-corrected chi connectivity index (χ3v) is 6.40. The molecule has 1 aliphatic rings. The van der Waals surface area contributed by atoms with Crippen molar-refractivity contribution in [1.82, 2.24) is 19.6 Å². The van der Waals surface area contributed by atoms with Crippen LogP contribution in [0.5, 0.6) is 5.75 Å². The number of esters is 1. The molecular weight excluding hydrogens is 496 g/mol. The minimum atomic E-state index is -0.363. The fourth-order valence-corrected chi connectivity index (χ4v) is 4.23. The van der Waals surface area contributed by atoms with E-state index in [0.717, 1.165) is 44.0 Å². The molecule has 1 aromatic heterocycles. The van der Waals surface area contributed by atoms with Crippen molar-refractivity contribution in [2.75, 3.05) is 63.6 Å². The molecule has 1 saturated heterocycles. The number of amides is 2. The maximum atomic E-state index is 12.5. The molecule has 0 atom stereocenters. The lowest BCUT2D eigenvalue weighted by Crippen LogP contribution is -2.48. The van der Waals surface area contributed by atoms with Crippen LogP contribution in [0.4, 0.5) is 16.2 Å². The van der Waals surface area contributed by atoms with Crippen molar-refractivity contribution in [3.8, 4) is 17.0 Å².